The van der Waals surface area contributed by atoms with Gasteiger partial charge in [-0.05, 0) is 36.1 Å². The van der Waals surface area contributed by atoms with Crippen LogP contribution in [0.15, 0.2) is 16.6 Å². The number of halogens is 1. The van der Waals surface area contributed by atoms with Gasteiger partial charge in [0, 0.05) is 10.9 Å². The zero-order valence-electron chi connectivity index (χ0n) is 10.4. The average molecular weight is 325 g/mol. The Labute approximate surface area is 118 Å². The number of urea groups is 1. The number of hydrogen-bond acceptors (Lipinski definition) is 3. The van der Waals surface area contributed by atoms with Gasteiger partial charge in [0.2, 0.25) is 0 Å². The van der Waals surface area contributed by atoms with Crippen molar-refractivity contribution in [1.82, 2.24) is 10.6 Å². The molecule has 1 saturated heterocycles. The molecule has 1 aromatic carbocycles. The number of carbonyl (C=O) groups excluding carboxylic acids is 2. The van der Waals surface area contributed by atoms with Crippen molar-refractivity contribution >= 4 is 27.9 Å². The van der Waals surface area contributed by atoms with Gasteiger partial charge >= 0.3 is 6.03 Å². The zero-order chi connectivity index (χ0) is 13.6. The Balaban J connectivity index is 2.05. The Morgan fingerprint density at radius 3 is 2.74 bits per heavy atom. The molecule has 1 aromatic rings. The molecule has 0 aromatic heterocycles. The lowest BCUT2D eigenvalue weighted by Crippen LogP contribution is -2.51. The van der Waals surface area contributed by atoms with Gasteiger partial charge in [0.25, 0.3) is 5.91 Å². The summed E-state index contributed by atoms with van der Waals surface area (Å²) in [7, 11) is 1.64. The molecular formula is C13H13BrN2O3. The van der Waals surface area contributed by atoms with Crippen LogP contribution < -0.4 is 15.4 Å². The number of imide groups is 1. The van der Waals surface area contributed by atoms with Crippen LogP contribution in [0, 0.1) is 0 Å². The first-order valence-electron chi connectivity index (χ1n) is 6.03. The molecule has 0 saturated carbocycles. The third kappa shape index (κ3) is 1.82. The quantitative estimate of drug-likeness (QED) is 0.770. The smallest absolute Gasteiger partial charge is 0.322 e. The minimum absolute atomic E-state index is 0.238. The van der Waals surface area contributed by atoms with E-state index in [1.807, 2.05) is 12.1 Å². The maximum Gasteiger partial charge on any atom is 0.322 e. The molecule has 1 atom stereocenters. The van der Waals surface area contributed by atoms with Crippen molar-refractivity contribution < 1.29 is 14.3 Å². The molecule has 1 unspecified atom stereocenters. The van der Waals surface area contributed by atoms with E-state index in [1.165, 1.54) is 0 Å². The maximum absolute atomic E-state index is 12.0. The van der Waals surface area contributed by atoms with Crippen LogP contribution in [-0.2, 0) is 17.6 Å². The van der Waals surface area contributed by atoms with Crippen molar-refractivity contribution in [1.29, 1.82) is 0 Å². The second-order valence-electron chi connectivity index (χ2n) is 4.87. The first-order chi connectivity index (χ1) is 9.05. The fourth-order valence-corrected chi connectivity index (χ4v) is 3.37. The van der Waals surface area contributed by atoms with E-state index in [-0.39, 0.29) is 5.91 Å². The Morgan fingerprint density at radius 1 is 1.32 bits per heavy atom. The topological polar surface area (TPSA) is 67.4 Å². The molecule has 2 aliphatic rings. The highest BCUT2D eigenvalue weighted by molar-refractivity contribution is 9.10. The summed E-state index contributed by atoms with van der Waals surface area (Å²) in [6, 6.07) is 3.41. The summed E-state index contributed by atoms with van der Waals surface area (Å²) in [5.74, 6) is 0.593. The molecule has 100 valence electrons. The molecule has 0 bridgehead atoms. The summed E-state index contributed by atoms with van der Waals surface area (Å²) in [5, 5.41) is 5.08. The lowest BCUT2D eigenvalue weighted by atomic mass is 9.77. The van der Waals surface area contributed by atoms with E-state index < -0.39 is 11.6 Å². The van der Waals surface area contributed by atoms with Crippen LogP contribution >= 0.6 is 15.9 Å². The monoisotopic (exact) mass is 324 g/mol. The summed E-state index contributed by atoms with van der Waals surface area (Å²) < 4.78 is 6.30. The van der Waals surface area contributed by atoms with E-state index in [0.29, 0.717) is 19.3 Å². The van der Waals surface area contributed by atoms with Crippen LogP contribution in [0.5, 0.6) is 5.75 Å². The summed E-state index contributed by atoms with van der Waals surface area (Å²) in [6.45, 7) is 0. The summed E-state index contributed by atoms with van der Waals surface area (Å²) in [5.41, 5.74) is 1.33. The molecule has 6 heteroatoms. The highest BCUT2D eigenvalue weighted by Gasteiger charge is 2.48. The number of methoxy groups -OCH3 is 1. The third-order valence-corrected chi connectivity index (χ3v) is 4.59. The van der Waals surface area contributed by atoms with E-state index in [0.717, 1.165) is 21.3 Å². The van der Waals surface area contributed by atoms with Gasteiger partial charge in [0.1, 0.15) is 11.3 Å². The second kappa shape index (κ2) is 4.23. The van der Waals surface area contributed by atoms with Gasteiger partial charge in [0.05, 0.1) is 7.11 Å². The molecule has 3 rings (SSSR count). The first kappa shape index (κ1) is 12.5. The molecule has 1 aliphatic carbocycles. The van der Waals surface area contributed by atoms with Gasteiger partial charge < -0.3 is 10.1 Å². The number of nitrogens with one attached hydrogen (secondary N) is 2. The predicted molar refractivity (Wildman–Crippen MR) is 72.1 cm³/mol. The second-order valence-corrected chi connectivity index (χ2v) is 5.73. The van der Waals surface area contributed by atoms with Gasteiger partial charge in [-0.1, -0.05) is 15.9 Å². The summed E-state index contributed by atoms with van der Waals surface area (Å²) in [4.78, 5) is 23.4. The molecule has 2 N–H and O–H groups in total. The molecule has 5 nitrogen and oxygen atoms in total. The van der Waals surface area contributed by atoms with Crippen molar-refractivity contribution in [2.45, 2.75) is 24.8 Å². The summed E-state index contributed by atoms with van der Waals surface area (Å²) >= 11 is 3.51. The molecule has 1 heterocycles. The lowest BCUT2D eigenvalue weighted by molar-refractivity contribution is -0.124. The minimum atomic E-state index is -0.807. The number of rotatable bonds is 1. The van der Waals surface area contributed by atoms with Crippen LogP contribution in [0.25, 0.3) is 0 Å². The largest absolute Gasteiger partial charge is 0.496 e. The highest BCUT2D eigenvalue weighted by atomic mass is 79.9. The fraction of sp³-hybridized carbons (Fsp3) is 0.385. The van der Waals surface area contributed by atoms with E-state index >= 15 is 0 Å². The van der Waals surface area contributed by atoms with E-state index in [2.05, 4.69) is 26.6 Å². The van der Waals surface area contributed by atoms with Gasteiger partial charge in [-0.15, -0.1) is 0 Å². The Kier molecular flexibility index (Phi) is 2.78. The number of benzene rings is 1. The van der Waals surface area contributed by atoms with Crippen LogP contribution in [0.1, 0.15) is 17.5 Å². The number of hydrogen-bond donors (Lipinski definition) is 2. The lowest BCUT2D eigenvalue weighted by Gasteiger charge is -2.33. The normalized spacial score (nSPS) is 24.9. The Morgan fingerprint density at radius 2 is 2.11 bits per heavy atom. The number of amides is 3. The molecule has 3 amide bonds. The van der Waals surface area contributed by atoms with Gasteiger partial charge in [0.15, 0.2) is 0 Å². The molecule has 0 radical (unpaired) electrons. The number of ether oxygens (including phenoxy) is 1. The maximum atomic E-state index is 12.0. The van der Waals surface area contributed by atoms with Gasteiger partial charge in [-0.3, -0.25) is 10.1 Å². The average Bonchev–Trinajstić information content (AvgIpc) is 2.65. The molecule has 1 aliphatic heterocycles. The van der Waals surface area contributed by atoms with Crippen LogP contribution in [0.2, 0.25) is 0 Å². The Hall–Kier alpha value is -1.56. The van der Waals surface area contributed by atoms with Gasteiger partial charge in [-0.25, -0.2) is 4.79 Å². The fourth-order valence-electron chi connectivity index (χ4n) is 2.86. The van der Waals surface area contributed by atoms with Crippen molar-refractivity contribution in [3.8, 4) is 5.75 Å². The molecular weight excluding hydrogens is 312 g/mol. The van der Waals surface area contributed by atoms with Gasteiger partial charge in [-0.2, -0.15) is 0 Å². The SMILES string of the molecule is COc1ccc(Br)c2c1CCC1(C2)NC(=O)NC1=O. The molecule has 1 spiro atoms. The standard InChI is InChI=1S/C13H13BrN2O3/c1-19-10-3-2-9(14)8-6-13(5-4-7(8)10)11(17)15-12(18)16-13/h2-3H,4-6H2,1H3,(H2,15,16,17,18). The van der Waals surface area contributed by atoms with Crippen molar-refractivity contribution in [2.75, 3.05) is 7.11 Å². The highest BCUT2D eigenvalue weighted by Crippen LogP contribution is 2.39. The van der Waals surface area contributed by atoms with Crippen LogP contribution in [0.4, 0.5) is 4.79 Å². The Bertz CT molecular complexity index is 587. The summed E-state index contributed by atoms with van der Waals surface area (Å²) in [6.07, 6.45) is 1.77. The van der Waals surface area contributed by atoms with E-state index in [1.54, 1.807) is 7.11 Å². The number of carbonyl (C=O) groups is 2. The zero-order valence-corrected chi connectivity index (χ0v) is 12.0. The predicted octanol–water partition coefficient (Wildman–Crippen LogP) is 1.52. The van der Waals surface area contributed by atoms with Crippen molar-refractivity contribution in [2.24, 2.45) is 0 Å². The molecule has 1 fully saturated rings. The van der Waals surface area contributed by atoms with Crippen molar-refractivity contribution in [3.63, 3.8) is 0 Å². The first-order valence-corrected chi connectivity index (χ1v) is 6.83. The van der Waals surface area contributed by atoms with E-state index in [9.17, 15) is 9.59 Å². The van der Waals surface area contributed by atoms with Crippen molar-refractivity contribution in [3.05, 3.63) is 27.7 Å². The minimum Gasteiger partial charge on any atom is -0.496 e. The van der Waals surface area contributed by atoms with Crippen LogP contribution in [-0.4, -0.2) is 24.6 Å². The van der Waals surface area contributed by atoms with Crippen LogP contribution in [0.3, 0.4) is 0 Å². The van der Waals surface area contributed by atoms with E-state index in [4.69, 9.17) is 4.74 Å². The molecule has 19 heavy (non-hydrogen) atoms. The third-order valence-electron chi connectivity index (χ3n) is 3.85. The number of fused-ring (bicyclic) bond motifs is 1.